The summed E-state index contributed by atoms with van der Waals surface area (Å²) in [6.07, 6.45) is 7.13. The summed E-state index contributed by atoms with van der Waals surface area (Å²) >= 11 is 0. The van der Waals surface area contributed by atoms with Gasteiger partial charge in [0, 0.05) is 12.4 Å². The molecule has 1 aromatic carbocycles. The fourth-order valence-electron chi connectivity index (χ4n) is 3.66. The second-order valence-corrected chi connectivity index (χ2v) is 9.32. The highest BCUT2D eigenvalue weighted by Gasteiger charge is 2.21. The normalized spacial score (nSPS) is 12.5. The first-order valence-corrected chi connectivity index (χ1v) is 9.04. The molecular weight excluding hydrogens is 290 g/mol. The van der Waals surface area contributed by atoms with Gasteiger partial charge in [0.2, 0.25) is 0 Å². The van der Waals surface area contributed by atoms with Crippen molar-refractivity contribution in [1.29, 1.82) is 0 Å². The molecule has 2 aromatic rings. The number of aryl methyl sites for hydroxylation is 2. The highest BCUT2D eigenvalue weighted by molar-refractivity contribution is 5.39. The lowest BCUT2D eigenvalue weighted by Gasteiger charge is -2.27. The Balaban J connectivity index is 2.18. The number of benzene rings is 1. The number of rotatable bonds is 5. The van der Waals surface area contributed by atoms with Crippen LogP contribution in [0.4, 0.5) is 0 Å². The van der Waals surface area contributed by atoms with E-state index in [1.54, 1.807) is 0 Å². The highest BCUT2D eigenvalue weighted by Crippen LogP contribution is 2.30. The van der Waals surface area contributed by atoms with Crippen LogP contribution in [0.15, 0.2) is 36.7 Å². The van der Waals surface area contributed by atoms with E-state index >= 15 is 0 Å². The largest absolute Gasteiger partial charge is 0.264 e. The molecule has 130 valence electrons. The van der Waals surface area contributed by atoms with Crippen molar-refractivity contribution in [1.82, 2.24) is 4.98 Å². The molecule has 0 saturated carbocycles. The predicted molar refractivity (Wildman–Crippen MR) is 105 cm³/mol. The average Bonchev–Trinajstić information content (AvgIpc) is 2.42. The molecule has 0 unspecified atom stereocenters. The molecule has 1 heterocycles. The molecule has 1 aromatic heterocycles. The second kappa shape index (κ2) is 7.09. The lowest BCUT2D eigenvalue weighted by atomic mass is 9.78. The van der Waals surface area contributed by atoms with Crippen LogP contribution in [0.3, 0.4) is 0 Å². The Bertz CT molecular complexity index is 652. The van der Waals surface area contributed by atoms with E-state index in [9.17, 15) is 0 Å². The Morgan fingerprint density at radius 2 is 1.42 bits per heavy atom. The predicted octanol–water partition coefficient (Wildman–Crippen LogP) is 6.10. The number of hydrogen-bond donors (Lipinski definition) is 0. The zero-order valence-corrected chi connectivity index (χ0v) is 16.5. The monoisotopic (exact) mass is 323 g/mol. The van der Waals surface area contributed by atoms with Gasteiger partial charge in [0.05, 0.1) is 0 Å². The molecule has 0 spiro atoms. The molecule has 1 heteroatoms. The van der Waals surface area contributed by atoms with Crippen molar-refractivity contribution in [2.75, 3.05) is 0 Å². The Morgan fingerprint density at radius 3 is 1.92 bits per heavy atom. The maximum absolute atomic E-state index is 4.25. The first-order valence-electron chi connectivity index (χ1n) is 9.04. The van der Waals surface area contributed by atoms with Gasteiger partial charge in [0.1, 0.15) is 0 Å². The van der Waals surface area contributed by atoms with Crippen LogP contribution in [-0.4, -0.2) is 4.98 Å². The molecule has 0 bridgehead atoms. The molecule has 0 N–H and O–H groups in total. The number of aromatic nitrogens is 1. The van der Waals surface area contributed by atoms with Crippen molar-refractivity contribution in [2.24, 2.45) is 10.8 Å². The van der Waals surface area contributed by atoms with E-state index in [1.807, 2.05) is 18.5 Å². The van der Waals surface area contributed by atoms with E-state index in [4.69, 9.17) is 0 Å². The van der Waals surface area contributed by atoms with Crippen molar-refractivity contribution in [3.63, 3.8) is 0 Å². The van der Waals surface area contributed by atoms with Crippen LogP contribution in [0.2, 0.25) is 0 Å². The lowest BCUT2D eigenvalue weighted by Crippen LogP contribution is -2.19. The van der Waals surface area contributed by atoms with Crippen LogP contribution in [0, 0.1) is 24.7 Å². The zero-order valence-electron chi connectivity index (χ0n) is 16.5. The SMILES string of the molecule is Cc1cc(CC(C)(C)Cc2cccnc2)cc(C)c1CC(C)(C)C. The second-order valence-electron chi connectivity index (χ2n) is 9.32. The Morgan fingerprint density at radius 1 is 0.833 bits per heavy atom. The first kappa shape index (κ1) is 18.7. The van der Waals surface area contributed by atoms with Gasteiger partial charge in [-0.1, -0.05) is 52.8 Å². The zero-order chi connectivity index (χ0) is 18.0. The summed E-state index contributed by atoms with van der Waals surface area (Å²) in [6.45, 7) is 16.2. The molecule has 0 aliphatic carbocycles. The Labute approximate surface area is 148 Å². The third-order valence-electron chi connectivity index (χ3n) is 4.55. The van der Waals surface area contributed by atoms with Crippen LogP contribution in [-0.2, 0) is 19.3 Å². The molecule has 0 aliphatic rings. The summed E-state index contributed by atoms with van der Waals surface area (Å²) in [5.74, 6) is 0. The summed E-state index contributed by atoms with van der Waals surface area (Å²) in [6, 6.07) is 9.01. The van der Waals surface area contributed by atoms with Crippen LogP contribution >= 0.6 is 0 Å². The third kappa shape index (κ3) is 5.47. The molecule has 0 fully saturated rings. The minimum atomic E-state index is 0.230. The van der Waals surface area contributed by atoms with Gasteiger partial charge in [-0.2, -0.15) is 0 Å². The van der Waals surface area contributed by atoms with Crippen molar-refractivity contribution in [3.05, 3.63) is 64.5 Å². The molecule has 2 rings (SSSR count). The smallest absolute Gasteiger partial charge is 0.0300 e. The molecular formula is C23H33N. The Hall–Kier alpha value is -1.63. The van der Waals surface area contributed by atoms with Crippen molar-refractivity contribution >= 4 is 0 Å². The fraction of sp³-hybridized carbons (Fsp3) is 0.522. The van der Waals surface area contributed by atoms with Crippen molar-refractivity contribution < 1.29 is 0 Å². The van der Waals surface area contributed by atoms with Crippen LogP contribution in [0.25, 0.3) is 0 Å². The van der Waals surface area contributed by atoms with Gasteiger partial charge >= 0.3 is 0 Å². The number of pyridine rings is 1. The van der Waals surface area contributed by atoms with Gasteiger partial charge in [-0.25, -0.2) is 0 Å². The summed E-state index contributed by atoms with van der Waals surface area (Å²) in [5, 5.41) is 0. The molecule has 0 amide bonds. The van der Waals surface area contributed by atoms with E-state index in [2.05, 4.69) is 71.6 Å². The molecule has 0 saturated heterocycles. The van der Waals surface area contributed by atoms with Gasteiger partial charge in [-0.05, 0) is 77.8 Å². The van der Waals surface area contributed by atoms with Gasteiger partial charge in [-0.15, -0.1) is 0 Å². The molecule has 0 atom stereocenters. The first-order chi connectivity index (χ1) is 11.1. The lowest BCUT2D eigenvalue weighted by molar-refractivity contribution is 0.360. The Kier molecular flexibility index (Phi) is 5.52. The van der Waals surface area contributed by atoms with Crippen LogP contribution < -0.4 is 0 Å². The average molecular weight is 324 g/mol. The van der Waals surface area contributed by atoms with Gasteiger partial charge in [0.15, 0.2) is 0 Å². The van der Waals surface area contributed by atoms with E-state index < -0.39 is 0 Å². The van der Waals surface area contributed by atoms with Gasteiger partial charge in [0.25, 0.3) is 0 Å². The minimum Gasteiger partial charge on any atom is -0.264 e. The minimum absolute atomic E-state index is 0.230. The van der Waals surface area contributed by atoms with E-state index in [-0.39, 0.29) is 5.41 Å². The van der Waals surface area contributed by atoms with Crippen molar-refractivity contribution in [3.8, 4) is 0 Å². The van der Waals surface area contributed by atoms with E-state index in [0.29, 0.717) is 5.41 Å². The summed E-state index contributed by atoms with van der Waals surface area (Å²) < 4.78 is 0. The maximum atomic E-state index is 4.25. The molecule has 0 aliphatic heterocycles. The number of nitrogens with zero attached hydrogens (tertiary/aromatic N) is 1. The highest BCUT2D eigenvalue weighted by atomic mass is 14.6. The molecule has 1 nitrogen and oxygen atoms in total. The van der Waals surface area contributed by atoms with Gasteiger partial charge in [-0.3, -0.25) is 4.98 Å². The summed E-state index contributed by atoms with van der Waals surface area (Å²) in [4.78, 5) is 4.25. The quantitative estimate of drug-likeness (QED) is 0.648. The summed E-state index contributed by atoms with van der Waals surface area (Å²) in [7, 11) is 0. The van der Waals surface area contributed by atoms with E-state index in [0.717, 1.165) is 19.3 Å². The van der Waals surface area contributed by atoms with Gasteiger partial charge < -0.3 is 0 Å². The third-order valence-corrected chi connectivity index (χ3v) is 4.55. The fourth-order valence-corrected chi connectivity index (χ4v) is 3.66. The standard InChI is InChI=1S/C23H33N/c1-17-11-20(12-18(2)21(17)15-22(3,4)5)14-23(6,7)13-19-9-8-10-24-16-19/h8-12,16H,13-15H2,1-7H3. The van der Waals surface area contributed by atoms with Crippen LogP contribution in [0.1, 0.15) is 62.4 Å². The molecule has 24 heavy (non-hydrogen) atoms. The van der Waals surface area contributed by atoms with Crippen molar-refractivity contribution in [2.45, 2.75) is 67.7 Å². The summed E-state index contributed by atoms with van der Waals surface area (Å²) in [5.41, 5.74) is 7.74. The number of hydrogen-bond acceptors (Lipinski definition) is 1. The van der Waals surface area contributed by atoms with E-state index in [1.165, 1.54) is 27.8 Å². The topological polar surface area (TPSA) is 12.9 Å². The van der Waals surface area contributed by atoms with Crippen LogP contribution in [0.5, 0.6) is 0 Å². The maximum Gasteiger partial charge on any atom is 0.0300 e. The molecule has 0 radical (unpaired) electrons.